The third kappa shape index (κ3) is 6.37. The second kappa shape index (κ2) is 9.91. The maximum absolute atomic E-state index is 12.6. The lowest BCUT2D eigenvalue weighted by atomic mass is 10.0. The molecule has 0 heterocycles. The highest BCUT2D eigenvalue weighted by molar-refractivity contribution is 5.91. The van der Waals surface area contributed by atoms with E-state index in [1.165, 1.54) is 6.92 Å². The van der Waals surface area contributed by atoms with Crippen LogP contribution in [0.3, 0.4) is 0 Å². The highest BCUT2D eigenvalue weighted by atomic mass is 16.2. The molecule has 0 saturated heterocycles. The molecule has 0 spiro atoms. The summed E-state index contributed by atoms with van der Waals surface area (Å²) in [6.07, 6.45) is 0.142. The number of carbonyl (C=O) groups excluding carboxylic acids is 2. The minimum absolute atomic E-state index is 0.142. The van der Waals surface area contributed by atoms with Crippen molar-refractivity contribution in [2.45, 2.75) is 19.4 Å². The van der Waals surface area contributed by atoms with E-state index in [2.05, 4.69) is 22.5 Å². The van der Waals surface area contributed by atoms with Gasteiger partial charge in [-0.3, -0.25) is 9.59 Å². The van der Waals surface area contributed by atoms with Crippen LogP contribution < -0.4 is 10.6 Å². The number of amides is 2. The van der Waals surface area contributed by atoms with Crippen molar-refractivity contribution in [3.63, 3.8) is 0 Å². The summed E-state index contributed by atoms with van der Waals surface area (Å²) in [7, 11) is 0. The molecular weight excluding hydrogens is 360 g/mol. The zero-order chi connectivity index (χ0) is 20.5. The van der Waals surface area contributed by atoms with Gasteiger partial charge in [0.05, 0.1) is 12.5 Å². The van der Waals surface area contributed by atoms with Gasteiger partial charge in [0, 0.05) is 23.7 Å². The van der Waals surface area contributed by atoms with Crippen molar-refractivity contribution >= 4 is 17.5 Å². The maximum Gasteiger partial charge on any atom is 0.226 e. The van der Waals surface area contributed by atoms with Crippen molar-refractivity contribution in [3.8, 4) is 11.8 Å². The Labute approximate surface area is 171 Å². The van der Waals surface area contributed by atoms with Crippen LogP contribution in [0, 0.1) is 11.8 Å². The summed E-state index contributed by atoms with van der Waals surface area (Å²) in [5, 5.41) is 5.74. The molecule has 3 rings (SSSR count). The molecule has 2 amide bonds. The zero-order valence-corrected chi connectivity index (χ0v) is 16.2. The Morgan fingerprint density at radius 3 is 2.14 bits per heavy atom. The highest BCUT2D eigenvalue weighted by Gasteiger charge is 2.17. The van der Waals surface area contributed by atoms with E-state index in [0.29, 0.717) is 5.69 Å². The molecule has 0 aliphatic rings. The van der Waals surface area contributed by atoms with Crippen LogP contribution in [-0.4, -0.2) is 11.8 Å². The monoisotopic (exact) mass is 382 g/mol. The molecule has 0 aromatic heterocycles. The molecule has 3 aromatic carbocycles. The van der Waals surface area contributed by atoms with Gasteiger partial charge in [-0.25, -0.2) is 0 Å². The minimum atomic E-state index is -0.380. The first kappa shape index (κ1) is 19.9. The molecule has 0 saturated carbocycles. The van der Waals surface area contributed by atoms with Gasteiger partial charge in [-0.1, -0.05) is 66.4 Å². The second-order valence-corrected chi connectivity index (χ2v) is 6.61. The lowest BCUT2D eigenvalue weighted by molar-refractivity contribution is -0.120. The highest BCUT2D eigenvalue weighted by Crippen LogP contribution is 2.18. The fourth-order valence-electron chi connectivity index (χ4n) is 2.92. The Kier molecular flexibility index (Phi) is 6.80. The number of nitrogens with one attached hydrogen (secondary N) is 2. The van der Waals surface area contributed by atoms with Crippen molar-refractivity contribution in [1.82, 2.24) is 5.32 Å². The summed E-state index contributed by atoms with van der Waals surface area (Å²) in [4.78, 5) is 24.1. The van der Waals surface area contributed by atoms with Gasteiger partial charge in [-0.05, 0) is 35.9 Å². The number of hydrogen-bond acceptors (Lipinski definition) is 2. The molecule has 2 N–H and O–H groups in total. The molecule has 0 bridgehead atoms. The SMILES string of the molecule is CC(=O)NC(CC(=O)Nc1cccc(C#Cc2ccccc2)c1)c1ccccc1. The number of carbonyl (C=O) groups is 2. The molecule has 3 aromatic rings. The van der Waals surface area contributed by atoms with E-state index in [0.717, 1.165) is 16.7 Å². The van der Waals surface area contributed by atoms with Gasteiger partial charge < -0.3 is 10.6 Å². The topological polar surface area (TPSA) is 58.2 Å². The van der Waals surface area contributed by atoms with E-state index < -0.39 is 0 Å². The number of hydrogen-bond donors (Lipinski definition) is 2. The molecular formula is C25H22N2O2. The van der Waals surface area contributed by atoms with Crippen LogP contribution in [0.4, 0.5) is 5.69 Å². The van der Waals surface area contributed by atoms with Crippen LogP contribution in [0.15, 0.2) is 84.9 Å². The van der Waals surface area contributed by atoms with Gasteiger partial charge in [0.15, 0.2) is 0 Å². The van der Waals surface area contributed by atoms with E-state index in [4.69, 9.17) is 0 Å². The van der Waals surface area contributed by atoms with Crippen molar-refractivity contribution in [1.29, 1.82) is 0 Å². The molecule has 1 unspecified atom stereocenters. The molecule has 29 heavy (non-hydrogen) atoms. The van der Waals surface area contributed by atoms with Crippen molar-refractivity contribution < 1.29 is 9.59 Å². The average molecular weight is 382 g/mol. The quantitative estimate of drug-likeness (QED) is 0.647. The van der Waals surface area contributed by atoms with Gasteiger partial charge in [0.25, 0.3) is 0 Å². The van der Waals surface area contributed by atoms with Crippen LogP contribution in [0.25, 0.3) is 0 Å². The molecule has 0 fully saturated rings. The standard InChI is InChI=1S/C25H22N2O2/c1-19(28)26-24(22-12-6-3-7-13-22)18-25(29)27-23-14-8-11-21(17-23)16-15-20-9-4-2-5-10-20/h2-14,17,24H,18H2,1H3,(H,26,28)(H,27,29). The minimum Gasteiger partial charge on any atom is -0.349 e. The van der Waals surface area contributed by atoms with Gasteiger partial charge >= 0.3 is 0 Å². The largest absolute Gasteiger partial charge is 0.349 e. The fraction of sp³-hybridized carbons (Fsp3) is 0.120. The number of benzene rings is 3. The molecule has 1 atom stereocenters. The predicted octanol–water partition coefficient (Wildman–Crippen LogP) is 4.29. The molecule has 0 aliphatic carbocycles. The van der Waals surface area contributed by atoms with E-state index in [-0.39, 0.29) is 24.3 Å². The van der Waals surface area contributed by atoms with Crippen molar-refractivity contribution in [3.05, 3.63) is 102 Å². The van der Waals surface area contributed by atoms with Crippen molar-refractivity contribution in [2.75, 3.05) is 5.32 Å². The van der Waals surface area contributed by atoms with Gasteiger partial charge in [-0.2, -0.15) is 0 Å². The lowest BCUT2D eigenvalue weighted by Crippen LogP contribution is -2.29. The Hall–Kier alpha value is -3.84. The molecule has 0 radical (unpaired) electrons. The molecule has 0 aliphatic heterocycles. The lowest BCUT2D eigenvalue weighted by Gasteiger charge is -2.18. The second-order valence-electron chi connectivity index (χ2n) is 6.61. The Morgan fingerprint density at radius 2 is 1.45 bits per heavy atom. The first-order valence-corrected chi connectivity index (χ1v) is 9.39. The van der Waals surface area contributed by atoms with E-state index in [9.17, 15) is 9.59 Å². The summed E-state index contributed by atoms with van der Waals surface area (Å²) in [6.45, 7) is 1.45. The van der Waals surface area contributed by atoms with Gasteiger partial charge in [0.2, 0.25) is 11.8 Å². The predicted molar refractivity (Wildman–Crippen MR) is 115 cm³/mol. The Morgan fingerprint density at radius 1 is 0.828 bits per heavy atom. The normalized spacial score (nSPS) is 10.9. The smallest absolute Gasteiger partial charge is 0.226 e. The van der Waals surface area contributed by atoms with E-state index in [1.54, 1.807) is 0 Å². The third-order valence-electron chi connectivity index (χ3n) is 4.24. The average Bonchev–Trinajstić information content (AvgIpc) is 2.73. The summed E-state index contributed by atoms with van der Waals surface area (Å²) in [6, 6.07) is 26.2. The van der Waals surface area contributed by atoms with E-state index in [1.807, 2.05) is 84.9 Å². The zero-order valence-electron chi connectivity index (χ0n) is 16.2. The fourth-order valence-corrected chi connectivity index (χ4v) is 2.92. The Bertz CT molecular complexity index is 1030. The van der Waals surface area contributed by atoms with E-state index >= 15 is 0 Å². The maximum atomic E-state index is 12.6. The summed E-state index contributed by atoms with van der Waals surface area (Å²) in [5.41, 5.74) is 3.31. The van der Waals surface area contributed by atoms with Crippen LogP contribution in [0.2, 0.25) is 0 Å². The molecule has 144 valence electrons. The molecule has 4 heteroatoms. The van der Waals surface area contributed by atoms with Gasteiger partial charge in [0.1, 0.15) is 0 Å². The summed E-state index contributed by atoms with van der Waals surface area (Å²) in [5.74, 6) is 5.86. The van der Waals surface area contributed by atoms with Crippen molar-refractivity contribution in [2.24, 2.45) is 0 Å². The summed E-state index contributed by atoms with van der Waals surface area (Å²) >= 11 is 0. The number of rotatable bonds is 5. The first-order chi connectivity index (χ1) is 14.1. The Balaban J connectivity index is 1.68. The first-order valence-electron chi connectivity index (χ1n) is 9.39. The number of anilines is 1. The van der Waals surface area contributed by atoms with Crippen LogP contribution in [-0.2, 0) is 9.59 Å². The van der Waals surface area contributed by atoms with Crippen LogP contribution >= 0.6 is 0 Å². The van der Waals surface area contributed by atoms with Crippen LogP contribution in [0.1, 0.15) is 36.1 Å². The third-order valence-corrected chi connectivity index (χ3v) is 4.24. The summed E-state index contributed by atoms with van der Waals surface area (Å²) < 4.78 is 0. The molecule has 4 nitrogen and oxygen atoms in total. The van der Waals surface area contributed by atoms with Gasteiger partial charge in [-0.15, -0.1) is 0 Å². The van der Waals surface area contributed by atoms with Crippen LogP contribution in [0.5, 0.6) is 0 Å².